The molecule has 15 heavy (non-hydrogen) atoms. The number of ether oxygens (including phenoxy) is 1. The van der Waals surface area contributed by atoms with E-state index in [0.29, 0.717) is 0 Å². The van der Waals surface area contributed by atoms with Crippen molar-refractivity contribution in [2.24, 2.45) is 0 Å². The number of carboxylic acid groups (broad SMARTS) is 1. The molecule has 0 atom stereocenters. The number of rotatable bonds is 3. The molecule has 0 aliphatic carbocycles. The summed E-state index contributed by atoms with van der Waals surface area (Å²) in [6.45, 7) is 0. The minimum Gasteiger partial charge on any atom is -0.495 e. The minimum absolute atomic E-state index is 0.147. The maximum absolute atomic E-state index is 12.6. The van der Waals surface area contributed by atoms with E-state index in [1.165, 1.54) is 7.11 Å². The number of methoxy groups -OCH3 is 1. The molecule has 0 spiro atoms. The first-order valence-corrected chi connectivity index (χ1v) is 4.52. The lowest BCUT2D eigenvalue weighted by Crippen LogP contribution is -2.07. The van der Waals surface area contributed by atoms with Crippen molar-refractivity contribution < 1.29 is 23.4 Å². The summed E-state index contributed by atoms with van der Waals surface area (Å²) >= 11 is 2.80. The van der Waals surface area contributed by atoms with Crippen LogP contribution in [0.2, 0.25) is 0 Å². The molecule has 82 valence electrons. The Hall–Kier alpha value is -1.24. The molecule has 0 radical (unpaired) electrons. The second kappa shape index (κ2) is 4.52. The third-order valence-corrected chi connectivity index (χ3v) is 2.29. The quantitative estimate of drug-likeness (QED) is 0.865. The fourth-order valence-corrected chi connectivity index (χ4v) is 1.55. The standard InChI is InChI=1S/C8H6BrF2NO3/c1-15-3-2-12-6(9)5(8(13)14)4(3)7(10)11/h2,7H,1H3,(H,13,14). The van der Waals surface area contributed by atoms with E-state index in [2.05, 4.69) is 25.7 Å². The number of aromatic carboxylic acids is 1. The Labute approximate surface area is 92.0 Å². The van der Waals surface area contributed by atoms with Gasteiger partial charge in [-0.1, -0.05) is 0 Å². The van der Waals surface area contributed by atoms with Gasteiger partial charge in [-0.2, -0.15) is 0 Å². The number of hydrogen-bond acceptors (Lipinski definition) is 3. The second-order valence-corrected chi connectivity index (χ2v) is 3.26. The van der Waals surface area contributed by atoms with Crippen molar-refractivity contribution in [3.05, 3.63) is 21.9 Å². The Morgan fingerprint density at radius 2 is 2.27 bits per heavy atom. The Bertz CT molecular complexity index is 398. The summed E-state index contributed by atoms with van der Waals surface area (Å²) in [6.07, 6.45) is -1.90. The summed E-state index contributed by atoms with van der Waals surface area (Å²) in [5.74, 6) is -1.73. The van der Waals surface area contributed by atoms with Crippen LogP contribution in [0.3, 0.4) is 0 Å². The first-order valence-electron chi connectivity index (χ1n) is 3.72. The van der Waals surface area contributed by atoms with Gasteiger partial charge in [0.25, 0.3) is 6.43 Å². The molecule has 0 aromatic carbocycles. The van der Waals surface area contributed by atoms with Crippen LogP contribution in [-0.4, -0.2) is 23.2 Å². The molecule has 0 amide bonds. The first kappa shape index (κ1) is 11.8. The molecule has 1 aromatic rings. The number of nitrogens with zero attached hydrogens (tertiary/aromatic N) is 1. The molecule has 0 aliphatic heterocycles. The van der Waals surface area contributed by atoms with Gasteiger partial charge in [0.05, 0.1) is 18.9 Å². The lowest BCUT2D eigenvalue weighted by Gasteiger charge is -2.11. The maximum atomic E-state index is 12.6. The third kappa shape index (κ3) is 2.23. The lowest BCUT2D eigenvalue weighted by atomic mass is 10.1. The molecule has 1 N–H and O–H groups in total. The number of carbonyl (C=O) groups is 1. The van der Waals surface area contributed by atoms with Gasteiger partial charge in [0.2, 0.25) is 0 Å². The molecule has 4 nitrogen and oxygen atoms in total. The Kier molecular flexibility index (Phi) is 3.57. The third-order valence-electron chi connectivity index (χ3n) is 1.69. The van der Waals surface area contributed by atoms with Crippen molar-refractivity contribution >= 4 is 21.9 Å². The van der Waals surface area contributed by atoms with Crippen molar-refractivity contribution in [3.8, 4) is 5.75 Å². The van der Waals surface area contributed by atoms with Crippen molar-refractivity contribution in [1.82, 2.24) is 4.98 Å². The van der Waals surface area contributed by atoms with E-state index in [0.717, 1.165) is 6.20 Å². The molecule has 0 saturated heterocycles. The fourth-order valence-electron chi connectivity index (χ4n) is 1.07. The average Bonchev–Trinajstić information content (AvgIpc) is 2.16. The lowest BCUT2D eigenvalue weighted by molar-refractivity contribution is 0.0681. The van der Waals surface area contributed by atoms with Crippen LogP contribution in [0.15, 0.2) is 10.8 Å². The van der Waals surface area contributed by atoms with Gasteiger partial charge in [-0.15, -0.1) is 0 Å². The highest BCUT2D eigenvalue weighted by molar-refractivity contribution is 9.10. The predicted molar refractivity (Wildman–Crippen MR) is 50.4 cm³/mol. The summed E-state index contributed by atoms with van der Waals surface area (Å²) in [5.41, 5.74) is -1.25. The zero-order valence-electron chi connectivity index (χ0n) is 7.50. The molecule has 0 saturated carbocycles. The summed E-state index contributed by atoms with van der Waals surface area (Å²) in [5, 5.41) is 8.76. The number of aromatic nitrogens is 1. The number of hydrogen-bond donors (Lipinski definition) is 1. The molecule has 1 heterocycles. The van der Waals surface area contributed by atoms with Crippen LogP contribution in [0, 0.1) is 0 Å². The van der Waals surface area contributed by atoms with E-state index in [1.54, 1.807) is 0 Å². The van der Waals surface area contributed by atoms with E-state index in [4.69, 9.17) is 5.11 Å². The number of carboxylic acids is 1. The van der Waals surface area contributed by atoms with E-state index in [1.807, 2.05) is 0 Å². The molecule has 1 rings (SSSR count). The van der Waals surface area contributed by atoms with Gasteiger partial charge in [-0.05, 0) is 15.9 Å². The molecule has 0 bridgehead atoms. The minimum atomic E-state index is -2.94. The zero-order chi connectivity index (χ0) is 11.6. The van der Waals surface area contributed by atoms with Crippen molar-refractivity contribution in [3.63, 3.8) is 0 Å². The van der Waals surface area contributed by atoms with Crippen molar-refractivity contribution in [2.45, 2.75) is 6.43 Å². The van der Waals surface area contributed by atoms with Gasteiger partial charge in [-0.3, -0.25) is 0 Å². The molecule has 7 heteroatoms. The summed E-state index contributed by atoms with van der Waals surface area (Å²) < 4.78 is 29.7. The fraction of sp³-hybridized carbons (Fsp3) is 0.250. The van der Waals surface area contributed by atoms with Gasteiger partial charge < -0.3 is 9.84 Å². The monoisotopic (exact) mass is 281 g/mol. The summed E-state index contributed by atoms with van der Waals surface area (Å²) in [4.78, 5) is 14.3. The predicted octanol–water partition coefficient (Wildman–Crippen LogP) is 2.49. The Balaban J connectivity index is 3.51. The zero-order valence-corrected chi connectivity index (χ0v) is 9.09. The van der Waals surface area contributed by atoms with E-state index >= 15 is 0 Å². The van der Waals surface area contributed by atoms with Gasteiger partial charge in [0, 0.05) is 0 Å². The van der Waals surface area contributed by atoms with Gasteiger partial charge in [0.15, 0.2) is 0 Å². The van der Waals surface area contributed by atoms with Crippen LogP contribution in [0.5, 0.6) is 5.75 Å². The smallest absolute Gasteiger partial charge is 0.339 e. The van der Waals surface area contributed by atoms with Gasteiger partial charge >= 0.3 is 5.97 Å². The highest BCUT2D eigenvalue weighted by atomic mass is 79.9. The number of alkyl halides is 2. The second-order valence-electron chi connectivity index (χ2n) is 2.51. The normalized spacial score (nSPS) is 10.5. The highest BCUT2D eigenvalue weighted by Crippen LogP contribution is 2.34. The van der Waals surface area contributed by atoms with Gasteiger partial charge in [0.1, 0.15) is 15.9 Å². The van der Waals surface area contributed by atoms with Crippen LogP contribution >= 0.6 is 15.9 Å². The Morgan fingerprint density at radius 1 is 1.67 bits per heavy atom. The Morgan fingerprint density at radius 3 is 2.67 bits per heavy atom. The summed E-state index contributed by atoms with van der Waals surface area (Å²) in [7, 11) is 1.17. The van der Waals surface area contributed by atoms with Crippen LogP contribution in [0.1, 0.15) is 22.3 Å². The molecular weight excluding hydrogens is 276 g/mol. The summed E-state index contributed by atoms with van der Waals surface area (Å²) in [6, 6.07) is 0. The molecule has 1 aromatic heterocycles. The van der Waals surface area contributed by atoms with Crippen molar-refractivity contribution in [2.75, 3.05) is 7.11 Å². The van der Waals surface area contributed by atoms with Crippen LogP contribution < -0.4 is 4.74 Å². The topological polar surface area (TPSA) is 59.4 Å². The SMILES string of the molecule is COc1cnc(Br)c(C(=O)O)c1C(F)F. The molecular formula is C8H6BrF2NO3. The highest BCUT2D eigenvalue weighted by Gasteiger charge is 2.26. The number of pyridine rings is 1. The van der Waals surface area contributed by atoms with E-state index < -0.39 is 23.5 Å². The molecule has 0 unspecified atom stereocenters. The van der Waals surface area contributed by atoms with Crippen LogP contribution in [0.4, 0.5) is 8.78 Å². The average molecular weight is 282 g/mol. The first-order chi connectivity index (χ1) is 6.99. The maximum Gasteiger partial charge on any atom is 0.339 e. The van der Waals surface area contributed by atoms with Gasteiger partial charge in [-0.25, -0.2) is 18.6 Å². The van der Waals surface area contributed by atoms with Crippen LogP contribution in [-0.2, 0) is 0 Å². The van der Waals surface area contributed by atoms with E-state index in [9.17, 15) is 13.6 Å². The largest absolute Gasteiger partial charge is 0.495 e. The van der Waals surface area contributed by atoms with Crippen LogP contribution in [0.25, 0.3) is 0 Å². The van der Waals surface area contributed by atoms with E-state index in [-0.39, 0.29) is 10.4 Å². The molecule has 0 fully saturated rings. The molecule has 0 aliphatic rings. The number of halogens is 3. The van der Waals surface area contributed by atoms with Crippen molar-refractivity contribution in [1.29, 1.82) is 0 Å².